The van der Waals surface area contributed by atoms with Crippen LogP contribution >= 0.6 is 11.8 Å². The minimum atomic E-state index is 0.592. The Morgan fingerprint density at radius 3 is 2.47 bits per heavy atom. The number of aromatic nitrogens is 3. The molecule has 2 aromatic rings. The molecule has 100 valence electrons. The number of nitrogens with one attached hydrogen (secondary N) is 1. The molecule has 19 heavy (non-hydrogen) atoms. The van der Waals surface area contributed by atoms with Crippen LogP contribution < -0.4 is 10.2 Å². The SMILES string of the molecule is CNc1nc(SCc2ccccc2)nc(N(C)C)n1. The molecule has 0 bridgehead atoms. The third-order valence-electron chi connectivity index (χ3n) is 2.44. The Labute approximate surface area is 117 Å². The highest BCUT2D eigenvalue weighted by molar-refractivity contribution is 7.98. The molecular formula is C13H17N5S. The van der Waals surface area contributed by atoms with Crippen LogP contribution in [0.4, 0.5) is 11.9 Å². The van der Waals surface area contributed by atoms with E-state index in [-0.39, 0.29) is 0 Å². The average molecular weight is 275 g/mol. The van der Waals surface area contributed by atoms with Gasteiger partial charge in [0.2, 0.25) is 11.9 Å². The number of hydrogen-bond donors (Lipinski definition) is 1. The van der Waals surface area contributed by atoms with Gasteiger partial charge in [-0.3, -0.25) is 0 Å². The zero-order valence-corrected chi connectivity index (χ0v) is 12.1. The van der Waals surface area contributed by atoms with Crippen LogP contribution in [0.2, 0.25) is 0 Å². The molecule has 1 N–H and O–H groups in total. The molecule has 0 aliphatic rings. The van der Waals surface area contributed by atoms with E-state index >= 15 is 0 Å². The first-order valence-corrected chi connectivity index (χ1v) is 6.95. The van der Waals surface area contributed by atoms with E-state index in [1.54, 1.807) is 18.8 Å². The van der Waals surface area contributed by atoms with Gasteiger partial charge in [-0.1, -0.05) is 42.1 Å². The van der Waals surface area contributed by atoms with Crippen molar-refractivity contribution in [1.82, 2.24) is 15.0 Å². The minimum Gasteiger partial charge on any atom is -0.357 e. The van der Waals surface area contributed by atoms with Gasteiger partial charge >= 0.3 is 0 Å². The standard InChI is InChI=1S/C13H17N5S/c1-14-11-15-12(18(2)3)17-13(16-11)19-9-10-7-5-4-6-8-10/h4-8H,9H2,1-3H3,(H,14,15,16,17). The smallest absolute Gasteiger partial charge is 0.230 e. The van der Waals surface area contributed by atoms with Crippen molar-refractivity contribution in [2.45, 2.75) is 10.9 Å². The fraction of sp³-hybridized carbons (Fsp3) is 0.308. The zero-order valence-electron chi connectivity index (χ0n) is 11.3. The lowest BCUT2D eigenvalue weighted by molar-refractivity contribution is 0.870. The summed E-state index contributed by atoms with van der Waals surface area (Å²) in [6, 6.07) is 10.3. The van der Waals surface area contributed by atoms with Gasteiger partial charge in [0.15, 0.2) is 5.16 Å². The monoisotopic (exact) mass is 275 g/mol. The zero-order chi connectivity index (χ0) is 13.7. The van der Waals surface area contributed by atoms with Crippen molar-refractivity contribution in [3.63, 3.8) is 0 Å². The molecule has 0 unspecified atom stereocenters. The van der Waals surface area contributed by atoms with Gasteiger partial charge in [-0.2, -0.15) is 15.0 Å². The first kappa shape index (κ1) is 13.6. The van der Waals surface area contributed by atoms with Crippen molar-refractivity contribution in [2.24, 2.45) is 0 Å². The summed E-state index contributed by atoms with van der Waals surface area (Å²) in [5.41, 5.74) is 1.25. The molecule has 2 rings (SSSR count). The number of nitrogens with zero attached hydrogens (tertiary/aromatic N) is 4. The molecule has 1 aromatic heterocycles. The van der Waals surface area contributed by atoms with Gasteiger partial charge in [-0.15, -0.1) is 0 Å². The van der Waals surface area contributed by atoms with Crippen LogP contribution in [0.5, 0.6) is 0 Å². The van der Waals surface area contributed by atoms with E-state index in [1.807, 2.05) is 37.2 Å². The molecule has 0 spiro atoms. The summed E-state index contributed by atoms with van der Waals surface area (Å²) in [7, 11) is 5.64. The maximum Gasteiger partial charge on any atom is 0.230 e. The van der Waals surface area contributed by atoms with Crippen LogP contribution in [-0.4, -0.2) is 36.1 Å². The predicted octanol–water partition coefficient (Wildman–Crippen LogP) is 2.27. The Morgan fingerprint density at radius 1 is 1.11 bits per heavy atom. The van der Waals surface area contributed by atoms with E-state index in [1.165, 1.54) is 5.56 Å². The van der Waals surface area contributed by atoms with E-state index < -0.39 is 0 Å². The minimum absolute atomic E-state index is 0.592. The first-order chi connectivity index (χ1) is 9.19. The van der Waals surface area contributed by atoms with Gasteiger partial charge in [0, 0.05) is 26.9 Å². The summed E-state index contributed by atoms with van der Waals surface area (Å²) in [5.74, 6) is 2.10. The van der Waals surface area contributed by atoms with Gasteiger partial charge in [-0.05, 0) is 5.56 Å². The van der Waals surface area contributed by atoms with Crippen LogP contribution in [-0.2, 0) is 5.75 Å². The fourth-order valence-electron chi connectivity index (χ4n) is 1.44. The summed E-state index contributed by atoms with van der Waals surface area (Å²) in [5, 5.41) is 3.69. The Bertz CT molecular complexity index is 530. The summed E-state index contributed by atoms with van der Waals surface area (Å²) in [6.07, 6.45) is 0. The molecule has 1 aromatic carbocycles. The molecule has 0 aliphatic heterocycles. The van der Waals surface area contributed by atoms with E-state index in [0.717, 1.165) is 10.9 Å². The van der Waals surface area contributed by atoms with Gasteiger partial charge in [0.05, 0.1) is 0 Å². The summed E-state index contributed by atoms with van der Waals surface area (Å²) >= 11 is 1.61. The summed E-state index contributed by atoms with van der Waals surface area (Å²) in [6.45, 7) is 0. The molecule has 0 radical (unpaired) electrons. The number of thioether (sulfide) groups is 1. The molecular weight excluding hydrogens is 258 g/mol. The van der Waals surface area contributed by atoms with Crippen molar-refractivity contribution in [3.05, 3.63) is 35.9 Å². The molecule has 0 amide bonds. The van der Waals surface area contributed by atoms with Gasteiger partial charge < -0.3 is 10.2 Å². The van der Waals surface area contributed by atoms with Crippen molar-refractivity contribution in [3.8, 4) is 0 Å². The van der Waals surface area contributed by atoms with Crippen LogP contribution in [0.1, 0.15) is 5.56 Å². The van der Waals surface area contributed by atoms with Crippen molar-refractivity contribution in [2.75, 3.05) is 31.4 Å². The second-order valence-electron chi connectivity index (χ2n) is 4.16. The summed E-state index contributed by atoms with van der Waals surface area (Å²) < 4.78 is 0. The van der Waals surface area contributed by atoms with E-state index in [0.29, 0.717) is 11.9 Å². The lowest BCUT2D eigenvalue weighted by Crippen LogP contribution is -2.15. The normalized spacial score (nSPS) is 10.3. The van der Waals surface area contributed by atoms with Crippen LogP contribution in [0.15, 0.2) is 35.5 Å². The second-order valence-corrected chi connectivity index (χ2v) is 5.10. The topological polar surface area (TPSA) is 53.9 Å². The Morgan fingerprint density at radius 2 is 1.84 bits per heavy atom. The molecule has 6 heteroatoms. The first-order valence-electron chi connectivity index (χ1n) is 5.97. The Kier molecular flexibility index (Phi) is 4.57. The number of rotatable bonds is 5. The van der Waals surface area contributed by atoms with E-state index in [2.05, 4.69) is 32.4 Å². The van der Waals surface area contributed by atoms with Crippen LogP contribution in [0, 0.1) is 0 Å². The molecule has 0 saturated carbocycles. The Balaban J connectivity index is 2.13. The third kappa shape index (κ3) is 3.82. The largest absolute Gasteiger partial charge is 0.357 e. The molecule has 0 atom stereocenters. The van der Waals surface area contributed by atoms with Crippen molar-refractivity contribution < 1.29 is 0 Å². The van der Waals surface area contributed by atoms with Crippen LogP contribution in [0.3, 0.4) is 0 Å². The molecule has 1 heterocycles. The molecule has 5 nitrogen and oxygen atoms in total. The van der Waals surface area contributed by atoms with Gasteiger partial charge in [-0.25, -0.2) is 0 Å². The van der Waals surface area contributed by atoms with Crippen molar-refractivity contribution in [1.29, 1.82) is 0 Å². The highest BCUT2D eigenvalue weighted by Crippen LogP contribution is 2.21. The molecule has 0 fully saturated rings. The summed E-state index contributed by atoms with van der Waals surface area (Å²) in [4.78, 5) is 14.9. The van der Waals surface area contributed by atoms with Crippen LogP contribution in [0.25, 0.3) is 0 Å². The maximum atomic E-state index is 4.42. The van der Waals surface area contributed by atoms with Gasteiger partial charge in [0.1, 0.15) is 0 Å². The van der Waals surface area contributed by atoms with Crippen molar-refractivity contribution >= 4 is 23.7 Å². The average Bonchev–Trinajstić information content (AvgIpc) is 2.45. The quantitative estimate of drug-likeness (QED) is 0.845. The Hall–Kier alpha value is -1.82. The highest BCUT2D eigenvalue weighted by Gasteiger charge is 2.07. The number of benzene rings is 1. The molecule has 0 saturated heterocycles. The van der Waals surface area contributed by atoms with Gasteiger partial charge in [0.25, 0.3) is 0 Å². The number of anilines is 2. The predicted molar refractivity (Wildman–Crippen MR) is 79.7 cm³/mol. The number of hydrogen-bond acceptors (Lipinski definition) is 6. The highest BCUT2D eigenvalue weighted by atomic mass is 32.2. The lowest BCUT2D eigenvalue weighted by Gasteiger charge is -2.12. The van der Waals surface area contributed by atoms with E-state index in [9.17, 15) is 0 Å². The lowest BCUT2D eigenvalue weighted by atomic mass is 10.2. The fourth-order valence-corrected chi connectivity index (χ4v) is 2.23. The van der Waals surface area contributed by atoms with E-state index in [4.69, 9.17) is 0 Å². The second kappa shape index (κ2) is 6.38. The maximum absolute atomic E-state index is 4.42. The third-order valence-corrected chi connectivity index (χ3v) is 3.36. The molecule has 0 aliphatic carbocycles.